The number of carboxylic acids is 1. The summed E-state index contributed by atoms with van der Waals surface area (Å²) in [5.41, 5.74) is -1.26. The monoisotopic (exact) mass is 386 g/mol. The van der Waals surface area contributed by atoms with Gasteiger partial charge in [0.2, 0.25) is 0 Å². The second kappa shape index (κ2) is 7.10. The highest BCUT2D eigenvalue weighted by Crippen LogP contribution is 2.41. The van der Waals surface area contributed by atoms with Crippen molar-refractivity contribution in [3.8, 4) is 0 Å². The van der Waals surface area contributed by atoms with E-state index >= 15 is 0 Å². The summed E-state index contributed by atoms with van der Waals surface area (Å²) in [5.74, 6) is -1.20. The molecule has 1 saturated heterocycles. The molecule has 0 aromatic carbocycles. The van der Waals surface area contributed by atoms with Crippen LogP contribution in [0, 0.1) is 0 Å². The number of rotatable bonds is 5. The molecule has 0 radical (unpaired) electrons. The number of aromatic amines is 1. The molecule has 2 rings (SSSR count). The Morgan fingerprint density at radius 2 is 1.92 bits per heavy atom. The normalized spacial score (nSPS) is 26.8. The van der Waals surface area contributed by atoms with Crippen LogP contribution in [-0.2, 0) is 18.7 Å². The summed E-state index contributed by atoms with van der Waals surface area (Å²) in [6, 6.07) is 1.16. The Kier molecular flexibility index (Phi) is 5.62. The first-order chi connectivity index (χ1) is 11.9. The van der Waals surface area contributed by atoms with Crippen LogP contribution >= 0.6 is 0 Å². The van der Waals surface area contributed by atoms with Crippen molar-refractivity contribution in [3.05, 3.63) is 33.1 Å². The zero-order chi connectivity index (χ0) is 19.9. The lowest BCUT2D eigenvalue weighted by Crippen LogP contribution is -2.51. The van der Waals surface area contributed by atoms with Crippen LogP contribution in [-0.4, -0.2) is 54.4 Å². The molecule has 0 aliphatic carbocycles. The molecule has 1 aromatic heterocycles. The fourth-order valence-corrected chi connectivity index (χ4v) is 3.88. The Morgan fingerprint density at radius 3 is 2.38 bits per heavy atom. The Morgan fingerprint density at radius 1 is 1.31 bits per heavy atom. The SMILES string of the molecule is COC1C(O[Si](C)(C)C(C)(C)C)[C@@H](C(=O)O)O[C@H]1n1ccc(=O)[nH]c1=O. The molecule has 2 heterocycles. The number of hydrogen-bond acceptors (Lipinski definition) is 6. The van der Waals surface area contributed by atoms with Crippen LogP contribution in [0.4, 0.5) is 0 Å². The van der Waals surface area contributed by atoms with Gasteiger partial charge in [-0.25, -0.2) is 9.59 Å². The minimum absolute atomic E-state index is 0.152. The number of carboxylic acid groups (broad SMARTS) is 1. The minimum atomic E-state index is -2.34. The smallest absolute Gasteiger partial charge is 0.335 e. The number of ether oxygens (including phenoxy) is 2. The van der Waals surface area contributed by atoms with E-state index in [0.717, 1.165) is 10.6 Å². The highest BCUT2D eigenvalue weighted by atomic mass is 28.4. The molecule has 1 aliphatic heterocycles. The molecule has 4 atom stereocenters. The average molecular weight is 386 g/mol. The number of aliphatic carboxylic acids is 1. The van der Waals surface area contributed by atoms with Crippen LogP contribution in [0.1, 0.15) is 27.0 Å². The molecule has 0 saturated carbocycles. The van der Waals surface area contributed by atoms with Crippen molar-refractivity contribution in [2.75, 3.05) is 7.11 Å². The zero-order valence-electron chi connectivity index (χ0n) is 15.8. The second-order valence-corrected chi connectivity index (χ2v) is 12.6. The summed E-state index contributed by atoms with van der Waals surface area (Å²) in [6.45, 7) is 10.1. The molecule has 146 valence electrons. The third-order valence-electron chi connectivity index (χ3n) is 5.07. The number of nitrogens with zero attached hydrogens (tertiary/aromatic N) is 1. The molecule has 10 heteroatoms. The predicted molar refractivity (Wildman–Crippen MR) is 95.7 cm³/mol. The topological polar surface area (TPSA) is 120 Å². The van der Waals surface area contributed by atoms with Gasteiger partial charge in [0.25, 0.3) is 5.56 Å². The van der Waals surface area contributed by atoms with E-state index in [1.807, 2.05) is 33.9 Å². The molecule has 2 N–H and O–H groups in total. The van der Waals surface area contributed by atoms with E-state index in [-0.39, 0.29) is 5.04 Å². The van der Waals surface area contributed by atoms with Gasteiger partial charge < -0.3 is 19.0 Å². The lowest BCUT2D eigenvalue weighted by molar-refractivity contribution is -0.155. The number of methoxy groups -OCH3 is 1. The molecule has 2 unspecified atom stereocenters. The lowest BCUT2D eigenvalue weighted by Gasteiger charge is -2.40. The number of H-pyrrole nitrogens is 1. The largest absolute Gasteiger partial charge is 0.479 e. The Bertz CT molecular complexity index is 780. The summed E-state index contributed by atoms with van der Waals surface area (Å²) in [4.78, 5) is 37.3. The van der Waals surface area contributed by atoms with Crippen LogP contribution in [0.2, 0.25) is 18.1 Å². The van der Waals surface area contributed by atoms with Crippen molar-refractivity contribution >= 4 is 14.3 Å². The fraction of sp³-hybridized carbons (Fsp3) is 0.688. The van der Waals surface area contributed by atoms with Crippen molar-refractivity contribution < 1.29 is 23.8 Å². The molecular weight excluding hydrogens is 360 g/mol. The summed E-state index contributed by atoms with van der Waals surface area (Å²) in [7, 11) is -0.931. The van der Waals surface area contributed by atoms with E-state index in [1.54, 1.807) is 0 Å². The zero-order valence-corrected chi connectivity index (χ0v) is 16.8. The first-order valence-electron chi connectivity index (χ1n) is 8.29. The Balaban J connectivity index is 2.45. The van der Waals surface area contributed by atoms with Crippen LogP contribution in [0.25, 0.3) is 0 Å². The fourth-order valence-electron chi connectivity index (χ4n) is 2.59. The maximum atomic E-state index is 12.1. The van der Waals surface area contributed by atoms with E-state index in [9.17, 15) is 19.5 Å². The number of aromatic nitrogens is 2. The summed E-state index contributed by atoms with van der Waals surface area (Å²) < 4.78 is 18.5. The van der Waals surface area contributed by atoms with Crippen LogP contribution in [0.5, 0.6) is 0 Å². The minimum Gasteiger partial charge on any atom is -0.479 e. The highest BCUT2D eigenvalue weighted by Gasteiger charge is 2.53. The van der Waals surface area contributed by atoms with Crippen molar-refractivity contribution in [1.82, 2.24) is 9.55 Å². The number of carbonyl (C=O) groups is 1. The number of nitrogens with one attached hydrogen (secondary N) is 1. The van der Waals surface area contributed by atoms with Crippen molar-refractivity contribution in [2.24, 2.45) is 0 Å². The first-order valence-corrected chi connectivity index (χ1v) is 11.2. The highest BCUT2D eigenvalue weighted by molar-refractivity contribution is 6.74. The van der Waals surface area contributed by atoms with Gasteiger partial charge in [0.05, 0.1) is 0 Å². The van der Waals surface area contributed by atoms with Gasteiger partial charge in [-0.3, -0.25) is 14.3 Å². The van der Waals surface area contributed by atoms with Gasteiger partial charge in [-0.05, 0) is 18.1 Å². The van der Waals surface area contributed by atoms with Crippen molar-refractivity contribution in [3.63, 3.8) is 0 Å². The van der Waals surface area contributed by atoms with Crippen molar-refractivity contribution in [2.45, 2.75) is 63.4 Å². The van der Waals surface area contributed by atoms with Gasteiger partial charge in [-0.1, -0.05) is 20.8 Å². The summed E-state index contributed by atoms with van der Waals surface area (Å²) in [5, 5.41) is 9.43. The maximum absolute atomic E-state index is 12.1. The van der Waals surface area contributed by atoms with Gasteiger partial charge in [0, 0.05) is 19.4 Å². The van der Waals surface area contributed by atoms with E-state index in [0.29, 0.717) is 0 Å². The van der Waals surface area contributed by atoms with E-state index < -0.39 is 50.1 Å². The standard InChI is InChI=1S/C16H26N2O7Si/c1-16(2,3)26(5,6)25-10-11(23-4)13(24-12(10)14(20)21)18-8-7-9(19)17-15(18)22/h7-8,10-13H,1-6H3,(H,20,21)(H,17,19,22)/t10?,11?,12-,13+/m0/s1. The molecule has 26 heavy (non-hydrogen) atoms. The van der Waals surface area contributed by atoms with Gasteiger partial charge in [-0.2, -0.15) is 0 Å². The molecular formula is C16H26N2O7Si. The Hall–Kier alpha value is -1.75. The average Bonchev–Trinajstić information content (AvgIpc) is 2.83. The molecule has 1 fully saturated rings. The molecule has 0 bridgehead atoms. The van der Waals surface area contributed by atoms with E-state index in [1.165, 1.54) is 13.3 Å². The van der Waals surface area contributed by atoms with E-state index in [4.69, 9.17) is 13.9 Å². The molecule has 1 aromatic rings. The van der Waals surface area contributed by atoms with Gasteiger partial charge >= 0.3 is 11.7 Å². The van der Waals surface area contributed by atoms with Gasteiger partial charge in [-0.15, -0.1) is 0 Å². The molecule has 9 nitrogen and oxygen atoms in total. The number of hydrogen-bond donors (Lipinski definition) is 2. The summed E-state index contributed by atoms with van der Waals surface area (Å²) >= 11 is 0. The molecule has 0 amide bonds. The predicted octanol–water partition coefficient (Wildman–Crippen LogP) is 0.924. The Labute approximate surface area is 152 Å². The maximum Gasteiger partial charge on any atom is 0.335 e. The quantitative estimate of drug-likeness (QED) is 0.722. The third kappa shape index (κ3) is 3.82. The van der Waals surface area contributed by atoms with E-state index in [2.05, 4.69) is 4.98 Å². The van der Waals surface area contributed by atoms with Crippen LogP contribution in [0.3, 0.4) is 0 Å². The lowest BCUT2D eigenvalue weighted by atomic mass is 10.1. The summed E-state index contributed by atoms with van der Waals surface area (Å²) in [6.07, 6.45) is -2.78. The van der Waals surface area contributed by atoms with Gasteiger partial charge in [0.1, 0.15) is 12.2 Å². The third-order valence-corrected chi connectivity index (χ3v) is 9.54. The molecule has 1 aliphatic rings. The van der Waals surface area contributed by atoms with Crippen molar-refractivity contribution in [1.29, 1.82) is 0 Å². The first kappa shape index (κ1) is 20.6. The molecule has 0 spiro atoms. The van der Waals surface area contributed by atoms with Crippen LogP contribution < -0.4 is 11.2 Å². The van der Waals surface area contributed by atoms with Crippen LogP contribution in [0.15, 0.2) is 21.9 Å². The van der Waals surface area contributed by atoms with Gasteiger partial charge in [0.15, 0.2) is 20.6 Å². The second-order valence-electron chi connectivity index (χ2n) is 7.85.